The SMILES string of the molecule is CC(=O)C(C)NC(=O)C(F)F. The zero-order valence-electron chi connectivity index (χ0n) is 6.23. The minimum absolute atomic E-state index is 0.348. The van der Waals surface area contributed by atoms with Gasteiger partial charge in [-0.25, -0.2) is 0 Å². The Kier molecular flexibility index (Phi) is 3.64. The Morgan fingerprint density at radius 2 is 1.82 bits per heavy atom. The van der Waals surface area contributed by atoms with Crippen LogP contribution in [0.2, 0.25) is 0 Å². The van der Waals surface area contributed by atoms with E-state index in [1.165, 1.54) is 13.8 Å². The zero-order chi connectivity index (χ0) is 9.02. The maximum atomic E-state index is 11.5. The third kappa shape index (κ3) is 3.64. The van der Waals surface area contributed by atoms with E-state index >= 15 is 0 Å². The van der Waals surface area contributed by atoms with Crippen molar-refractivity contribution in [1.82, 2.24) is 5.32 Å². The highest BCUT2D eigenvalue weighted by Crippen LogP contribution is 1.93. The Morgan fingerprint density at radius 1 is 1.36 bits per heavy atom. The lowest BCUT2D eigenvalue weighted by molar-refractivity contribution is -0.134. The van der Waals surface area contributed by atoms with Gasteiger partial charge >= 0.3 is 6.43 Å². The van der Waals surface area contributed by atoms with Gasteiger partial charge in [0.05, 0.1) is 6.04 Å². The number of carbonyl (C=O) groups excluding carboxylic acids is 2. The van der Waals surface area contributed by atoms with E-state index in [-0.39, 0.29) is 5.78 Å². The molecule has 0 bridgehead atoms. The molecule has 0 spiro atoms. The number of alkyl halides is 2. The molecule has 0 fully saturated rings. The third-order valence-corrected chi connectivity index (χ3v) is 1.17. The van der Waals surface area contributed by atoms with Gasteiger partial charge < -0.3 is 5.32 Å². The molecule has 0 aromatic heterocycles. The Balaban J connectivity index is 3.85. The second-order valence-corrected chi connectivity index (χ2v) is 2.14. The van der Waals surface area contributed by atoms with Crippen LogP contribution in [0.5, 0.6) is 0 Å². The number of ketones is 1. The molecule has 1 unspecified atom stereocenters. The number of hydrogen-bond acceptors (Lipinski definition) is 2. The van der Waals surface area contributed by atoms with Crippen molar-refractivity contribution in [2.24, 2.45) is 0 Å². The first kappa shape index (κ1) is 10.0. The second kappa shape index (κ2) is 4.00. The number of rotatable bonds is 3. The summed E-state index contributed by atoms with van der Waals surface area (Å²) in [4.78, 5) is 20.7. The topological polar surface area (TPSA) is 46.2 Å². The molecule has 0 aromatic carbocycles. The predicted molar refractivity (Wildman–Crippen MR) is 34.3 cm³/mol. The van der Waals surface area contributed by atoms with Gasteiger partial charge in [0.15, 0.2) is 5.78 Å². The van der Waals surface area contributed by atoms with Gasteiger partial charge in [0.25, 0.3) is 5.91 Å². The van der Waals surface area contributed by atoms with E-state index < -0.39 is 18.4 Å². The summed E-state index contributed by atoms with van der Waals surface area (Å²) < 4.78 is 23.1. The fraction of sp³-hybridized carbons (Fsp3) is 0.667. The first-order chi connectivity index (χ1) is 4.95. The summed E-state index contributed by atoms with van der Waals surface area (Å²) in [6.45, 7) is 2.57. The fourth-order valence-corrected chi connectivity index (χ4v) is 0.378. The standard InChI is InChI=1S/C6H9F2NO2/c1-3(4(2)10)9-6(11)5(7)8/h3,5H,1-2H3,(H,9,11). The van der Waals surface area contributed by atoms with Crippen LogP contribution in [0.1, 0.15) is 13.8 Å². The average molecular weight is 165 g/mol. The van der Waals surface area contributed by atoms with Crippen LogP contribution in [-0.4, -0.2) is 24.2 Å². The Labute approximate surface area is 62.8 Å². The van der Waals surface area contributed by atoms with Crippen LogP contribution in [0.25, 0.3) is 0 Å². The first-order valence-electron chi connectivity index (χ1n) is 3.04. The molecule has 1 amide bonds. The van der Waals surface area contributed by atoms with Crippen molar-refractivity contribution < 1.29 is 18.4 Å². The quantitative estimate of drug-likeness (QED) is 0.655. The highest BCUT2D eigenvalue weighted by Gasteiger charge is 2.18. The van der Waals surface area contributed by atoms with Crippen molar-refractivity contribution >= 4 is 11.7 Å². The lowest BCUT2D eigenvalue weighted by Gasteiger charge is -2.08. The Bertz CT molecular complexity index is 170. The van der Waals surface area contributed by atoms with Crippen molar-refractivity contribution in [3.63, 3.8) is 0 Å². The van der Waals surface area contributed by atoms with Crippen LogP contribution >= 0.6 is 0 Å². The maximum absolute atomic E-state index is 11.5. The van der Waals surface area contributed by atoms with Crippen LogP contribution in [0.15, 0.2) is 0 Å². The number of hydrogen-bond donors (Lipinski definition) is 1. The molecule has 0 aliphatic rings. The minimum atomic E-state index is -3.06. The fourth-order valence-electron chi connectivity index (χ4n) is 0.378. The summed E-state index contributed by atoms with van der Waals surface area (Å²) in [5, 5.41) is 1.84. The molecule has 0 radical (unpaired) electrons. The van der Waals surface area contributed by atoms with E-state index in [1.807, 2.05) is 5.32 Å². The molecule has 0 saturated carbocycles. The van der Waals surface area contributed by atoms with E-state index in [0.29, 0.717) is 0 Å². The minimum Gasteiger partial charge on any atom is -0.342 e. The molecule has 0 rings (SSSR count). The molecule has 0 aliphatic heterocycles. The Morgan fingerprint density at radius 3 is 2.09 bits per heavy atom. The van der Waals surface area contributed by atoms with Crippen molar-refractivity contribution in [3.05, 3.63) is 0 Å². The molecule has 64 valence electrons. The van der Waals surface area contributed by atoms with Crippen molar-refractivity contribution in [3.8, 4) is 0 Å². The van der Waals surface area contributed by atoms with Crippen LogP contribution in [0.4, 0.5) is 8.78 Å². The largest absolute Gasteiger partial charge is 0.342 e. The lowest BCUT2D eigenvalue weighted by Crippen LogP contribution is -2.40. The highest BCUT2D eigenvalue weighted by atomic mass is 19.3. The van der Waals surface area contributed by atoms with E-state index in [1.54, 1.807) is 0 Å². The van der Waals surface area contributed by atoms with Gasteiger partial charge in [-0.05, 0) is 13.8 Å². The number of carbonyl (C=O) groups is 2. The zero-order valence-corrected chi connectivity index (χ0v) is 6.23. The summed E-state index contributed by atoms with van der Waals surface area (Å²) in [5.41, 5.74) is 0. The van der Waals surface area contributed by atoms with Crippen molar-refractivity contribution in [2.45, 2.75) is 26.3 Å². The molecule has 0 aliphatic carbocycles. The molecular weight excluding hydrogens is 156 g/mol. The molecule has 1 N–H and O–H groups in total. The van der Waals surface area contributed by atoms with Crippen LogP contribution in [-0.2, 0) is 9.59 Å². The number of amides is 1. The molecular formula is C6H9F2NO2. The van der Waals surface area contributed by atoms with E-state index in [9.17, 15) is 18.4 Å². The van der Waals surface area contributed by atoms with Gasteiger partial charge in [0.2, 0.25) is 0 Å². The molecule has 0 aromatic rings. The van der Waals surface area contributed by atoms with Gasteiger partial charge in [-0.15, -0.1) is 0 Å². The van der Waals surface area contributed by atoms with Gasteiger partial charge in [-0.1, -0.05) is 0 Å². The first-order valence-corrected chi connectivity index (χ1v) is 3.04. The summed E-state index contributed by atoms with van der Waals surface area (Å²) in [5.74, 6) is -1.76. The number of halogens is 2. The summed E-state index contributed by atoms with van der Waals surface area (Å²) in [6, 6.07) is -0.837. The van der Waals surface area contributed by atoms with Gasteiger partial charge in [0, 0.05) is 0 Å². The third-order valence-electron chi connectivity index (χ3n) is 1.17. The molecule has 11 heavy (non-hydrogen) atoms. The molecule has 5 heteroatoms. The van der Waals surface area contributed by atoms with Crippen LogP contribution < -0.4 is 5.32 Å². The molecule has 0 heterocycles. The van der Waals surface area contributed by atoms with Crippen LogP contribution in [0, 0.1) is 0 Å². The van der Waals surface area contributed by atoms with Crippen LogP contribution in [0.3, 0.4) is 0 Å². The summed E-state index contributed by atoms with van der Waals surface area (Å²) >= 11 is 0. The number of nitrogens with one attached hydrogen (secondary N) is 1. The van der Waals surface area contributed by atoms with Gasteiger partial charge in [-0.3, -0.25) is 9.59 Å². The number of Topliss-reactive ketones (excluding diaryl/α,β-unsaturated/α-hetero) is 1. The second-order valence-electron chi connectivity index (χ2n) is 2.14. The van der Waals surface area contributed by atoms with Crippen molar-refractivity contribution in [2.75, 3.05) is 0 Å². The summed E-state index contributed by atoms with van der Waals surface area (Å²) in [6.07, 6.45) is -3.06. The average Bonchev–Trinajstić information content (AvgIpc) is 1.87. The normalized spacial score (nSPS) is 12.8. The monoisotopic (exact) mass is 165 g/mol. The van der Waals surface area contributed by atoms with Crippen molar-refractivity contribution in [1.29, 1.82) is 0 Å². The smallest absolute Gasteiger partial charge is 0.315 e. The van der Waals surface area contributed by atoms with E-state index in [2.05, 4.69) is 0 Å². The molecule has 0 saturated heterocycles. The lowest BCUT2D eigenvalue weighted by atomic mass is 10.2. The van der Waals surface area contributed by atoms with Gasteiger partial charge in [0.1, 0.15) is 0 Å². The Hall–Kier alpha value is -1.00. The maximum Gasteiger partial charge on any atom is 0.315 e. The van der Waals surface area contributed by atoms with E-state index in [4.69, 9.17) is 0 Å². The highest BCUT2D eigenvalue weighted by molar-refractivity contribution is 5.88. The van der Waals surface area contributed by atoms with E-state index in [0.717, 1.165) is 0 Å². The summed E-state index contributed by atoms with van der Waals surface area (Å²) in [7, 11) is 0. The predicted octanol–water partition coefficient (Wildman–Crippen LogP) is 0.345. The van der Waals surface area contributed by atoms with Gasteiger partial charge in [-0.2, -0.15) is 8.78 Å². The molecule has 1 atom stereocenters. The molecule has 3 nitrogen and oxygen atoms in total.